The molecule has 0 aromatic rings. The minimum Gasteiger partial charge on any atom is -0.462 e. The fourth-order valence-corrected chi connectivity index (χ4v) is 6.74. The second-order valence-electron chi connectivity index (χ2n) is 12.8. The Bertz CT molecular complexity index is 901. The molecule has 3 N–H and O–H groups in total. The molecule has 3 aliphatic rings. The predicted molar refractivity (Wildman–Crippen MR) is 140 cm³/mol. The van der Waals surface area contributed by atoms with E-state index in [2.05, 4.69) is 19.1 Å². The number of halogens is 1. The van der Waals surface area contributed by atoms with Crippen molar-refractivity contribution >= 4 is 5.97 Å². The molecule has 0 amide bonds. The molecule has 3 fully saturated rings. The van der Waals surface area contributed by atoms with Crippen molar-refractivity contribution in [2.75, 3.05) is 0 Å². The predicted octanol–water partition coefficient (Wildman–Crippen LogP) is 5.44. The topological polar surface area (TPSA) is 87.0 Å². The van der Waals surface area contributed by atoms with Crippen molar-refractivity contribution in [1.82, 2.24) is 0 Å². The zero-order valence-electron chi connectivity index (χ0n) is 23.1. The van der Waals surface area contributed by atoms with E-state index < -0.39 is 35.4 Å². The summed E-state index contributed by atoms with van der Waals surface area (Å²) in [5, 5.41) is 31.0. The van der Waals surface area contributed by atoms with Crippen molar-refractivity contribution in [3.63, 3.8) is 0 Å². The monoisotopic (exact) mass is 506 g/mol. The van der Waals surface area contributed by atoms with E-state index in [9.17, 15) is 20.1 Å². The molecule has 3 aliphatic carbocycles. The Kier molecular flexibility index (Phi) is 8.64. The number of aliphatic hydroxyl groups is 3. The molecule has 0 heterocycles. The number of esters is 1. The third-order valence-corrected chi connectivity index (χ3v) is 9.29. The maximum atomic E-state index is 16.2. The van der Waals surface area contributed by atoms with E-state index in [4.69, 9.17) is 4.74 Å². The second-order valence-corrected chi connectivity index (χ2v) is 12.8. The molecule has 0 radical (unpaired) electrons. The lowest BCUT2D eigenvalue weighted by Crippen LogP contribution is -2.40. The van der Waals surface area contributed by atoms with Gasteiger partial charge in [0.25, 0.3) is 0 Å². The SMILES string of the molecule is CC(C)OC(=O)C(C)(C)[C@H](O)/C=C/[C@@](C)(F)[C@H]1CC[C@H]2/C(=C/C=C3C[C@@H](O)C[C@@H](O)[C@@H]3C)CC[C@@]21C. The summed E-state index contributed by atoms with van der Waals surface area (Å²) in [5.41, 5.74) is -0.586. The van der Waals surface area contributed by atoms with E-state index in [1.54, 1.807) is 34.6 Å². The van der Waals surface area contributed by atoms with Crippen molar-refractivity contribution in [1.29, 1.82) is 0 Å². The number of hydrogen-bond donors (Lipinski definition) is 3. The van der Waals surface area contributed by atoms with Crippen LogP contribution in [0.5, 0.6) is 0 Å². The average Bonchev–Trinajstić information content (AvgIpc) is 3.27. The maximum absolute atomic E-state index is 16.2. The summed E-state index contributed by atoms with van der Waals surface area (Å²) in [5.74, 6) is -0.379. The molecule has 8 atom stereocenters. The van der Waals surface area contributed by atoms with E-state index in [0.717, 1.165) is 31.3 Å². The molecule has 0 spiro atoms. The van der Waals surface area contributed by atoms with Crippen molar-refractivity contribution in [2.45, 2.75) is 117 Å². The van der Waals surface area contributed by atoms with Crippen LogP contribution in [0.15, 0.2) is 35.5 Å². The number of aliphatic hydroxyl groups excluding tert-OH is 3. The number of allylic oxidation sites excluding steroid dienone is 4. The van der Waals surface area contributed by atoms with Crippen molar-refractivity contribution in [2.24, 2.45) is 28.6 Å². The summed E-state index contributed by atoms with van der Waals surface area (Å²) < 4.78 is 21.5. The van der Waals surface area contributed by atoms with E-state index in [-0.39, 0.29) is 23.4 Å². The number of alkyl halides is 1. The molecule has 3 rings (SSSR count). The summed E-state index contributed by atoms with van der Waals surface area (Å²) >= 11 is 0. The van der Waals surface area contributed by atoms with Crippen LogP contribution in [0.3, 0.4) is 0 Å². The van der Waals surface area contributed by atoms with Gasteiger partial charge in [0.2, 0.25) is 0 Å². The third kappa shape index (κ3) is 5.81. The first-order valence-electron chi connectivity index (χ1n) is 13.6. The third-order valence-electron chi connectivity index (χ3n) is 9.29. The molecule has 0 aliphatic heterocycles. The van der Waals surface area contributed by atoms with Crippen LogP contribution >= 0.6 is 0 Å². The molecule has 3 saturated carbocycles. The van der Waals surface area contributed by atoms with Crippen LogP contribution in [0.25, 0.3) is 0 Å². The van der Waals surface area contributed by atoms with E-state index in [1.807, 2.05) is 6.92 Å². The molecular weight excluding hydrogens is 459 g/mol. The van der Waals surface area contributed by atoms with Crippen LogP contribution < -0.4 is 0 Å². The number of ether oxygens (including phenoxy) is 1. The van der Waals surface area contributed by atoms with E-state index in [0.29, 0.717) is 18.8 Å². The van der Waals surface area contributed by atoms with Crippen LogP contribution in [-0.4, -0.2) is 51.4 Å². The minimum atomic E-state index is -1.62. The largest absolute Gasteiger partial charge is 0.462 e. The Hall–Kier alpha value is -1.50. The highest BCUT2D eigenvalue weighted by Crippen LogP contribution is 2.63. The second kappa shape index (κ2) is 10.7. The van der Waals surface area contributed by atoms with Gasteiger partial charge in [0.1, 0.15) is 5.67 Å². The number of fused-ring (bicyclic) bond motifs is 1. The lowest BCUT2D eigenvalue weighted by atomic mass is 9.68. The van der Waals surface area contributed by atoms with Gasteiger partial charge >= 0.3 is 5.97 Å². The quantitative estimate of drug-likeness (QED) is 0.316. The molecule has 6 heteroatoms. The first kappa shape index (κ1) is 29.1. The Balaban J connectivity index is 1.74. The summed E-state index contributed by atoms with van der Waals surface area (Å²) in [4.78, 5) is 12.4. The van der Waals surface area contributed by atoms with E-state index in [1.165, 1.54) is 17.7 Å². The van der Waals surface area contributed by atoms with Crippen molar-refractivity contribution in [3.8, 4) is 0 Å². The first-order chi connectivity index (χ1) is 16.6. The van der Waals surface area contributed by atoms with Gasteiger partial charge in [-0.2, -0.15) is 0 Å². The minimum absolute atomic E-state index is 0.0298. The molecule has 204 valence electrons. The number of hydrogen-bond acceptors (Lipinski definition) is 5. The van der Waals surface area contributed by atoms with Gasteiger partial charge in [-0.1, -0.05) is 43.2 Å². The fourth-order valence-electron chi connectivity index (χ4n) is 6.74. The molecule has 5 nitrogen and oxygen atoms in total. The van der Waals surface area contributed by atoms with Gasteiger partial charge in [0.05, 0.1) is 29.8 Å². The van der Waals surface area contributed by atoms with Gasteiger partial charge < -0.3 is 20.1 Å². The van der Waals surface area contributed by atoms with Gasteiger partial charge in [0.15, 0.2) is 0 Å². The Morgan fingerprint density at radius 1 is 1.17 bits per heavy atom. The van der Waals surface area contributed by atoms with Crippen LogP contribution in [0, 0.1) is 28.6 Å². The zero-order chi connectivity index (χ0) is 27.1. The zero-order valence-corrected chi connectivity index (χ0v) is 23.1. The molecule has 0 aromatic carbocycles. The summed E-state index contributed by atoms with van der Waals surface area (Å²) in [7, 11) is 0. The Morgan fingerprint density at radius 2 is 1.81 bits per heavy atom. The number of rotatable bonds is 7. The highest BCUT2D eigenvalue weighted by molar-refractivity contribution is 5.77. The molecule has 0 aromatic heterocycles. The van der Waals surface area contributed by atoms with Crippen molar-refractivity contribution < 1.29 is 29.2 Å². The highest BCUT2D eigenvalue weighted by atomic mass is 19.1. The average molecular weight is 507 g/mol. The smallest absolute Gasteiger partial charge is 0.314 e. The summed E-state index contributed by atoms with van der Waals surface area (Å²) in [6.45, 7) is 12.5. The van der Waals surface area contributed by atoms with Gasteiger partial charge in [-0.25, -0.2) is 4.39 Å². The Labute approximate surface area is 216 Å². The highest BCUT2D eigenvalue weighted by Gasteiger charge is 2.56. The number of carbonyl (C=O) groups is 1. The molecule has 36 heavy (non-hydrogen) atoms. The molecular formula is C30H47FO5. The normalized spacial score (nSPS) is 38.1. The lowest BCUT2D eigenvalue weighted by molar-refractivity contribution is -0.162. The molecule has 0 unspecified atom stereocenters. The van der Waals surface area contributed by atoms with Crippen LogP contribution in [0.4, 0.5) is 4.39 Å². The first-order valence-corrected chi connectivity index (χ1v) is 13.6. The summed E-state index contributed by atoms with van der Waals surface area (Å²) in [6, 6.07) is 0. The lowest BCUT2D eigenvalue weighted by Gasteiger charge is -2.38. The fraction of sp³-hybridized carbons (Fsp3) is 0.767. The standard InChI is InChI=1S/C30H47FO5/c1-18(2)36-27(35)28(4,5)26(34)13-15-30(7,31)25-11-10-23-20(12-14-29(23,25)6)8-9-21-16-22(32)17-24(33)19(21)3/h8-9,13,15,18-19,22-26,32-34H,10-12,14,16-17H2,1-7H3/b15-13+,20-8+,21-9?/t19-,22-,23+,24-,25+,26-,29+,30-/m1/s1. The van der Waals surface area contributed by atoms with Gasteiger partial charge in [-0.3, -0.25) is 4.79 Å². The van der Waals surface area contributed by atoms with Crippen LogP contribution in [0.2, 0.25) is 0 Å². The van der Waals surface area contributed by atoms with E-state index >= 15 is 4.39 Å². The summed E-state index contributed by atoms with van der Waals surface area (Å²) in [6.07, 6.45) is 9.16. The van der Waals surface area contributed by atoms with Gasteiger partial charge in [-0.15, -0.1) is 0 Å². The van der Waals surface area contributed by atoms with Gasteiger partial charge in [0, 0.05) is 18.3 Å². The van der Waals surface area contributed by atoms with Crippen LogP contribution in [0.1, 0.15) is 87.0 Å². The maximum Gasteiger partial charge on any atom is 0.314 e. The van der Waals surface area contributed by atoms with Crippen LogP contribution in [-0.2, 0) is 9.53 Å². The molecule has 0 bridgehead atoms. The number of carbonyl (C=O) groups excluding carboxylic acids is 1. The Morgan fingerprint density at radius 3 is 2.44 bits per heavy atom. The van der Waals surface area contributed by atoms with Gasteiger partial charge in [-0.05, 0) is 84.1 Å². The van der Waals surface area contributed by atoms with Crippen molar-refractivity contribution in [3.05, 3.63) is 35.5 Å². The molecule has 0 saturated heterocycles.